The van der Waals surface area contributed by atoms with Crippen molar-refractivity contribution in [1.29, 1.82) is 0 Å². The third-order valence-electron chi connectivity index (χ3n) is 12.9. The monoisotopic (exact) mass is 850 g/mol. The summed E-state index contributed by atoms with van der Waals surface area (Å²) in [6, 6.07) is -0.547. The van der Waals surface area contributed by atoms with E-state index >= 15 is 0 Å². The first kappa shape index (κ1) is 58.9. The largest absolute Gasteiger partial charge is 0.466 e. The summed E-state index contributed by atoms with van der Waals surface area (Å²) in [6.45, 7) is 4.95. The van der Waals surface area contributed by atoms with Crippen LogP contribution in [-0.2, 0) is 14.3 Å². The van der Waals surface area contributed by atoms with Crippen LogP contribution in [0.15, 0.2) is 0 Å². The second kappa shape index (κ2) is 50.5. The van der Waals surface area contributed by atoms with Gasteiger partial charge in [0.15, 0.2) is 0 Å². The van der Waals surface area contributed by atoms with E-state index in [9.17, 15) is 19.8 Å². The molecule has 60 heavy (non-hydrogen) atoms. The Morgan fingerprint density at radius 2 is 0.683 bits per heavy atom. The van der Waals surface area contributed by atoms with E-state index in [4.69, 9.17) is 4.74 Å². The molecule has 0 aromatic heterocycles. The zero-order valence-electron chi connectivity index (χ0n) is 40.7. The molecule has 0 saturated heterocycles. The van der Waals surface area contributed by atoms with Crippen molar-refractivity contribution in [2.45, 2.75) is 321 Å². The number of carbonyl (C=O) groups is 2. The lowest BCUT2D eigenvalue weighted by molar-refractivity contribution is -0.143. The standard InChI is InChI=1S/C54H107NO5/c1-3-5-7-9-11-13-15-17-18-19-23-26-30-34-38-42-46-52(57)51(50-56)55-53(58)47-43-39-35-31-27-24-20-21-25-29-33-37-41-45-49-60-54(59)48-44-40-36-32-28-22-16-14-12-10-8-6-4-2/h51-52,56-57H,3-50H2,1-2H3,(H,55,58). The molecule has 2 unspecified atom stereocenters. The Kier molecular flexibility index (Phi) is 49.5. The first-order valence-electron chi connectivity index (χ1n) is 27.3. The number of aliphatic hydroxyl groups excluding tert-OH is 2. The van der Waals surface area contributed by atoms with E-state index in [-0.39, 0.29) is 18.5 Å². The molecule has 0 aliphatic carbocycles. The summed E-state index contributed by atoms with van der Waals surface area (Å²) in [5.41, 5.74) is 0. The minimum Gasteiger partial charge on any atom is -0.466 e. The molecule has 358 valence electrons. The number of hydrogen-bond donors (Lipinski definition) is 3. The lowest BCUT2D eigenvalue weighted by atomic mass is 10.0. The third kappa shape index (κ3) is 46.4. The van der Waals surface area contributed by atoms with Gasteiger partial charge in [0.1, 0.15) is 0 Å². The summed E-state index contributed by atoms with van der Waals surface area (Å²) in [5, 5.41) is 23.3. The molecule has 6 nitrogen and oxygen atoms in total. The first-order valence-corrected chi connectivity index (χ1v) is 27.3. The molecule has 0 aromatic carbocycles. The molecular formula is C54H107NO5. The second-order valence-corrected chi connectivity index (χ2v) is 18.9. The zero-order chi connectivity index (χ0) is 43.7. The summed E-state index contributed by atoms with van der Waals surface area (Å²) < 4.78 is 5.46. The molecule has 0 spiro atoms. The molecule has 1 amide bonds. The van der Waals surface area contributed by atoms with Crippen LogP contribution in [0.3, 0.4) is 0 Å². The number of aliphatic hydroxyl groups is 2. The summed E-state index contributed by atoms with van der Waals surface area (Å²) in [4.78, 5) is 24.5. The van der Waals surface area contributed by atoms with Gasteiger partial charge in [-0.05, 0) is 25.7 Å². The van der Waals surface area contributed by atoms with Gasteiger partial charge in [-0.1, -0.05) is 271 Å². The van der Waals surface area contributed by atoms with Crippen molar-refractivity contribution in [3.63, 3.8) is 0 Å². The van der Waals surface area contributed by atoms with Crippen LogP contribution in [0.1, 0.15) is 309 Å². The normalized spacial score (nSPS) is 12.5. The highest BCUT2D eigenvalue weighted by Crippen LogP contribution is 2.17. The van der Waals surface area contributed by atoms with Gasteiger partial charge >= 0.3 is 5.97 Å². The maximum absolute atomic E-state index is 12.5. The predicted octanol–water partition coefficient (Wildman–Crippen LogP) is 16.4. The highest BCUT2D eigenvalue weighted by Gasteiger charge is 2.20. The van der Waals surface area contributed by atoms with Crippen molar-refractivity contribution in [3.8, 4) is 0 Å². The van der Waals surface area contributed by atoms with E-state index < -0.39 is 12.1 Å². The maximum Gasteiger partial charge on any atom is 0.305 e. The van der Waals surface area contributed by atoms with Crippen LogP contribution < -0.4 is 5.32 Å². The fraction of sp³-hybridized carbons (Fsp3) is 0.963. The molecule has 0 aliphatic heterocycles. The van der Waals surface area contributed by atoms with Crippen molar-refractivity contribution in [1.82, 2.24) is 5.32 Å². The number of esters is 1. The summed E-state index contributed by atoms with van der Waals surface area (Å²) in [5.74, 6) is -0.0425. The van der Waals surface area contributed by atoms with Gasteiger partial charge in [-0.3, -0.25) is 9.59 Å². The minimum atomic E-state index is -0.669. The van der Waals surface area contributed by atoms with Gasteiger partial charge in [-0.2, -0.15) is 0 Å². The van der Waals surface area contributed by atoms with Gasteiger partial charge in [0.2, 0.25) is 5.91 Å². The van der Waals surface area contributed by atoms with Crippen LogP contribution in [0.5, 0.6) is 0 Å². The highest BCUT2D eigenvalue weighted by molar-refractivity contribution is 5.76. The maximum atomic E-state index is 12.5. The van der Waals surface area contributed by atoms with Crippen molar-refractivity contribution in [2.24, 2.45) is 0 Å². The molecule has 0 bridgehead atoms. The number of amides is 1. The molecule has 2 atom stereocenters. The molecule has 0 rings (SSSR count). The number of nitrogens with one attached hydrogen (secondary N) is 1. The Morgan fingerprint density at radius 1 is 0.400 bits per heavy atom. The van der Waals surface area contributed by atoms with Crippen LogP contribution in [-0.4, -0.2) is 47.4 Å². The molecule has 3 N–H and O–H groups in total. The summed E-state index contributed by atoms with van der Waals surface area (Å²) >= 11 is 0. The van der Waals surface area contributed by atoms with Crippen LogP contribution in [0.2, 0.25) is 0 Å². The van der Waals surface area contributed by atoms with Gasteiger partial charge in [0, 0.05) is 12.8 Å². The SMILES string of the molecule is CCCCCCCCCCCCCCCCCCC(O)C(CO)NC(=O)CCCCCCCCCCCCCCCCOC(=O)CCCCCCCCCCCCCCC. The van der Waals surface area contributed by atoms with Crippen LogP contribution >= 0.6 is 0 Å². The lowest BCUT2D eigenvalue weighted by Crippen LogP contribution is -2.45. The summed E-state index contributed by atoms with van der Waals surface area (Å²) in [7, 11) is 0. The van der Waals surface area contributed by atoms with Crippen molar-refractivity contribution in [3.05, 3.63) is 0 Å². The van der Waals surface area contributed by atoms with E-state index in [0.29, 0.717) is 25.9 Å². The van der Waals surface area contributed by atoms with Gasteiger partial charge < -0.3 is 20.3 Å². The first-order chi connectivity index (χ1) is 29.5. The van der Waals surface area contributed by atoms with E-state index in [1.807, 2.05) is 0 Å². The smallest absolute Gasteiger partial charge is 0.305 e. The van der Waals surface area contributed by atoms with E-state index in [0.717, 1.165) is 51.4 Å². The Morgan fingerprint density at radius 3 is 1.02 bits per heavy atom. The van der Waals surface area contributed by atoms with Crippen LogP contribution in [0.25, 0.3) is 0 Å². The molecule has 0 aliphatic rings. The van der Waals surface area contributed by atoms with E-state index in [2.05, 4.69) is 19.2 Å². The number of unbranched alkanes of at least 4 members (excludes halogenated alkanes) is 40. The van der Waals surface area contributed by atoms with Gasteiger partial charge in [-0.15, -0.1) is 0 Å². The fourth-order valence-electron chi connectivity index (χ4n) is 8.70. The fourth-order valence-corrected chi connectivity index (χ4v) is 8.70. The van der Waals surface area contributed by atoms with E-state index in [1.54, 1.807) is 0 Å². The third-order valence-corrected chi connectivity index (χ3v) is 12.9. The predicted molar refractivity (Wildman–Crippen MR) is 260 cm³/mol. The Labute approximate surface area is 375 Å². The molecule has 6 heteroatoms. The molecule has 0 aromatic rings. The van der Waals surface area contributed by atoms with E-state index in [1.165, 1.54) is 225 Å². The molecule has 0 saturated carbocycles. The molecule has 0 radical (unpaired) electrons. The Bertz CT molecular complexity index is 852. The van der Waals surface area contributed by atoms with Crippen molar-refractivity contribution in [2.75, 3.05) is 13.2 Å². The highest BCUT2D eigenvalue weighted by atomic mass is 16.5. The molecular weight excluding hydrogens is 743 g/mol. The summed E-state index contributed by atoms with van der Waals surface area (Å²) in [6.07, 6.45) is 56.4. The minimum absolute atomic E-state index is 0.000221. The average molecular weight is 850 g/mol. The second-order valence-electron chi connectivity index (χ2n) is 18.9. The Hall–Kier alpha value is -1.14. The quantitative estimate of drug-likeness (QED) is 0.0418. The average Bonchev–Trinajstić information content (AvgIpc) is 3.25. The van der Waals surface area contributed by atoms with Crippen LogP contribution in [0.4, 0.5) is 0 Å². The molecule has 0 heterocycles. The number of hydrogen-bond acceptors (Lipinski definition) is 5. The number of carbonyl (C=O) groups excluding carboxylic acids is 2. The van der Waals surface area contributed by atoms with Crippen molar-refractivity contribution < 1.29 is 24.5 Å². The number of rotatable bonds is 51. The van der Waals surface area contributed by atoms with Gasteiger partial charge in [-0.25, -0.2) is 0 Å². The molecule has 0 fully saturated rings. The topological polar surface area (TPSA) is 95.9 Å². The van der Waals surface area contributed by atoms with Gasteiger partial charge in [0.05, 0.1) is 25.4 Å². The van der Waals surface area contributed by atoms with Crippen molar-refractivity contribution >= 4 is 11.9 Å². The zero-order valence-corrected chi connectivity index (χ0v) is 40.7. The lowest BCUT2D eigenvalue weighted by Gasteiger charge is -2.22. The Balaban J connectivity index is 3.43. The number of ether oxygens (including phenoxy) is 1. The van der Waals surface area contributed by atoms with Crippen LogP contribution in [0, 0.1) is 0 Å². The van der Waals surface area contributed by atoms with Gasteiger partial charge in [0.25, 0.3) is 0 Å².